The maximum atomic E-state index is 11.3. The first kappa shape index (κ1) is 14.7. The molecule has 1 heterocycles. The Morgan fingerprint density at radius 2 is 2.00 bits per heavy atom. The van der Waals surface area contributed by atoms with Crippen LogP contribution in [0.25, 0.3) is 0 Å². The predicted molar refractivity (Wildman–Crippen MR) is 63.0 cm³/mol. The number of hydrogen-bond acceptors (Lipinski definition) is 5. The van der Waals surface area contributed by atoms with Gasteiger partial charge in [-0.05, 0) is 12.8 Å². The van der Waals surface area contributed by atoms with Gasteiger partial charge in [-0.25, -0.2) is 4.79 Å². The van der Waals surface area contributed by atoms with E-state index in [1.165, 1.54) is 6.20 Å². The summed E-state index contributed by atoms with van der Waals surface area (Å²) in [6.45, 7) is 0.137. The van der Waals surface area contributed by atoms with E-state index in [1.54, 1.807) is 6.07 Å². The summed E-state index contributed by atoms with van der Waals surface area (Å²) in [5, 5.41) is 16.4. The summed E-state index contributed by atoms with van der Waals surface area (Å²) in [5.41, 5.74) is 0. The number of rotatable bonds is 7. The van der Waals surface area contributed by atoms with Gasteiger partial charge in [0.05, 0.1) is 12.7 Å². The third kappa shape index (κ3) is 6.81. The second kappa shape index (κ2) is 7.85. The molecule has 3 amide bonds. The Hall–Kier alpha value is -2.38. The van der Waals surface area contributed by atoms with Gasteiger partial charge in [-0.15, -0.1) is 0 Å². The highest BCUT2D eigenvalue weighted by molar-refractivity contribution is 5.94. The molecule has 0 aliphatic carbocycles. The molecule has 0 unspecified atom stereocenters. The van der Waals surface area contributed by atoms with Gasteiger partial charge in [0.2, 0.25) is 5.91 Å². The Kier molecular flexibility index (Phi) is 6.07. The van der Waals surface area contributed by atoms with Crippen molar-refractivity contribution >= 4 is 17.9 Å². The van der Waals surface area contributed by atoms with Crippen LogP contribution < -0.4 is 10.6 Å². The minimum absolute atomic E-state index is 0.0188. The van der Waals surface area contributed by atoms with Gasteiger partial charge < -0.3 is 14.9 Å². The topological polar surface area (TPSA) is 122 Å². The molecule has 104 valence electrons. The molecule has 0 saturated heterocycles. The Bertz CT molecular complexity index is 430. The molecule has 0 saturated carbocycles. The number of aliphatic carboxylic acids is 1. The molecule has 1 aromatic heterocycles. The number of carbonyl (C=O) groups excluding carboxylic acids is 2. The fourth-order valence-electron chi connectivity index (χ4n) is 1.30. The van der Waals surface area contributed by atoms with Gasteiger partial charge in [0.25, 0.3) is 0 Å². The molecule has 8 heteroatoms. The monoisotopic (exact) mass is 269 g/mol. The molecule has 0 aromatic carbocycles. The Morgan fingerprint density at radius 1 is 1.26 bits per heavy atom. The minimum Gasteiger partial charge on any atom is -0.481 e. The molecule has 0 spiro atoms. The Morgan fingerprint density at radius 3 is 2.63 bits per heavy atom. The van der Waals surface area contributed by atoms with E-state index in [2.05, 4.69) is 15.8 Å². The summed E-state index contributed by atoms with van der Waals surface area (Å²) >= 11 is 0. The second-order valence-electron chi connectivity index (χ2n) is 3.81. The number of amides is 3. The highest BCUT2D eigenvalue weighted by Gasteiger charge is 2.08. The molecule has 1 aromatic rings. The van der Waals surface area contributed by atoms with Gasteiger partial charge in [0, 0.05) is 18.9 Å². The van der Waals surface area contributed by atoms with Crippen LogP contribution >= 0.6 is 0 Å². The molecular weight excluding hydrogens is 254 g/mol. The smallest absolute Gasteiger partial charge is 0.321 e. The fraction of sp³-hybridized carbons (Fsp3) is 0.455. The van der Waals surface area contributed by atoms with Crippen LogP contribution in [0.2, 0.25) is 0 Å². The van der Waals surface area contributed by atoms with E-state index in [9.17, 15) is 14.4 Å². The molecule has 0 atom stereocenters. The summed E-state index contributed by atoms with van der Waals surface area (Å²) < 4.78 is 4.76. The number of nitrogens with one attached hydrogen (secondary N) is 2. The molecule has 0 aliphatic rings. The predicted octanol–water partition coefficient (Wildman–Crippen LogP) is 0.645. The number of imide groups is 1. The van der Waals surface area contributed by atoms with E-state index in [-0.39, 0.29) is 19.4 Å². The number of carboxylic acid groups (broad SMARTS) is 1. The first-order valence-corrected chi connectivity index (χ1v) is 5.77. The number of unbranched alkanes of at least 4 members (excludes halogenated alkanes) is 1. The number of urea groups is 1. The van der Waals surface area contributed by atoms with Crippen molar-refractivity contribution in [2.75, 3.05) is 0 Å². The SMILES string of the molecule is O=C(O)CCCCC(=O)NC(=O)NCc1ccno1. The number of carboxylic acids is 1. The van der Waals surface area contributed by atoms with E-state index in [1.807, 2.05) is 0 Å². The van der Waals surface area contributed by atoms with E-state index in [0.29, 0.717) is 18.6 Å². The van der Waals surface area contributed by atoms with Crippen molar-refractivity contribution in [1.82, 2.24) is 15.8 Å². The average Bonchev–Trinajstić information content (AvgIpc) is 2.85. The van der Waals surface area contributed by atoms with Crippen molar-refractivity contribution in [2.45, 2.75) is 32.2 Å². The number of aromatic nitrogens is 1. The molecular formula is C11H15N3O5. The maximum Gasteiger partial charge on any atom is 0.321 e. The van der Waals surface area contributed by atoms with E-state index < -0.39 is 17.9 Å². The van der Waals surface area contributed by atoms with Crippen molar-refractivity contribution in [3.8, 4) is 0 Å². The molecule has 0 radical (unpaired) electrons. The standard InChI is InChI=1S/C11H15N3O5/c15-9(3-1-2-4-10(16)17)14-11(18)12-7-8-5-6-13-19-8/h5-6H,1-4,7H2,(H,16,17)(H2,12,14,15,18). The Balaban J connectivity index is 2.10. The van der Waals surface area contributed by atoms with E-state index in [4.69, 9.17) is 9.63 Å². The van der Waals surface area contributed by atoms with Crippen molar-refractivity contribution < 1.29 is 24.0 Å². The summed E-state index contributed by atoms with van der Waals surface area (Å²) in [5.74, 6) is -0.866. The van der Waals surface area contributed by atoms with Gasteiger partial charge in [-0.2, -0.15) is 0 Å². The maximum absolute atomic E-state index is 11.3. The fourth-order valence-corrected chi connectivity index (χ4v) is 1.30. The molecule has 3 N–H and O–H groups in total. The first-order chi connectivity index (χ1) is 9.08. The second-order valence-corrected chi connectivity index (χ2v) is 3.81. The van der Waals surface area contributed by atoms with Crippen LogP contribution in [0.5, 0.6) is 0 Å². The van der Waals surface area contributed by atoms with E-state index in [0.717, 1.165) is 0 Å². The van der Waals surface area contributed by atoms with Gasteiger partial charge >= 0.3 is 12.0 Å². The van der Waals surface area contributed by atoms with Crippen molar-refractivity contribution in [3.63, 3.8) is 0 Å². The lowest BCUT2D eigenvalue weighted by molar-refractivity contribution is -0.137. The van der Waals surface area contributed by atoms with Crippen LogP contribution in [-0.2, 0) is 16.1 Å². The molecule has 0 bridgehead atoms. The van der Waals surface area contributed by atoms with Gasteiger partial charge in [0.15, 0.2) is 5.76 Å². The van der Waals surface area contributed by atoms with Crippen LogP contribution in [-0.4, -0.2) is 28.2 Å². The number of carbonyl (C=O) groups is 3. The molecule has 1 rings (SSSR count). The zero-order valence-corrected chi connectivity index (χ0v) is 10.2. The van der Waals surface area contributed by atoms with Gasteiger partial charge in [-0.3, -0.25) is 14.9 Å². The number of hydrogen-bond donors (Lipinski definition) is 3. The quantitative estimate of drug-likeness (QED) is 0.624. The van der Waals surface area contributed by atoms with Crippen LogP contribution in [0.3, 0.4) is 0 Å². The van der Waals surface area contributed by atoms with Crippen LogP contribution in [0.4, 0.5) is 4.79 Å². The zero-order valence-electron chi connectivity index (χ0n) is 10.2. The zero-order chi connectivity index (χ0) is 14.1. The average molecular weight is 269 g/mol. The van der Waals surface area contributed by atoms with Gasteiger partial charge in [0.1, 0.15) is 0 Å². The minimum atomic E-state index is -0.898. The first-order valence-electron chi connectivity index (χ1n) is 5.77. The molecule has 0 fully saturated rings. The van der Waals surface area contributed by atoms with Crippen molar-refractivity contribution in [1.29, 1.82) is 0 Å². The van der Waals surface area contributed by atoms with Gasteiger partial charge in [-0.1, -0.05) is 5.16 Å². The third-order valence-electron chi connectivity index (χ3n) is 2.21. The van der Waals surface area contributed by atoms with Crippen LogP contribution in [0.15, 0.2) is 16.8 Å². The van der Waals surface area contributed by atoms with Crippen molar-refractivity contribution in [3.05, 3.63) is 18.0 Å². The summed E-state index contributed by atoms with van der Waals surface area (Å²) in [6, 6.07) is 0.966. The number of nitrogens with zero attached hydrogens (tertiary/aromatic N) is 1. The highest BCUT2D eigenvalue weighted by Crippen LogP contribution is 1.99. The summed E-state index contributed by atoms with van der Waals surface area (Å²) in [6.07, 6.45) is 2.41. The lowest BCUT2D eigenvalue weighted by Gasteiger charge is -2.04. The molecule has 0 aliphatic heterocycles. The normalized spacial score (nSPS) is 9.89. The molecule has 19 heavy (non-hydrogen) atoms. The summed E-state index contributed by atoms with van der Waals surface area (Å²) in [7, 11) is 0. The third-order valence-corrected chi connectivity index (χ3v) is 2.21. The van der Waals surface area contributed by atoms with Crippen molar-refractivity contribution in [2.24, 2.45) is 0 Å². The lowest BCUT2D eigenvalue weighted by Crippen LogP contribution is -2.38. The summed E-state index contributed by atoms with van der Waals surface area (Å²) in [4.78, 5) is 32.8. The highest BCUT2D eigenvalue weighted by atomic mass is 16.5. The molecule has 8 nitrogen and oxygen atoms in total. The van der Waals surface area contributed by atoms with Crippen LogP contribution in [0.1, 0.15) is 31.4 Å². The van der Waals surface area contributed by atoms with Crippen LogP contribution in [0, 0.1) is 0 Å². The van der Waals surface area contributed by atoms with E-state index >= 15 is 0 Å². The Labute approximate surface area is 109 Å². The largest absolute Gasteiger partial charge is 0.481 e. The lowest BCUT2D eigenvalue weighted by atomic mass is 10.2.